The molecule has 0 saturated heterocycles. The summed E-state index contributed by atoms with van der Waals surface area (Å²) < 4.78 is 5.09. The van der Waals surface area contributed by atoms with Crippen molar-refractivity contribution < 1.29 is 9.53 Å². The van der Waals surface area contributed by atoms with Crippen molar-refractivity contribution in [3.8, 4) is 22.4 Å². The highest BCUT2D eigenvalue weighted by Crippen LogP contribution is 2.37. The van der Waals surface area contributed by atoms with Gasteiger partial charge in [0.05, 0.1) is 22.8 Å². The normalized spacial score (nSPS) is 11.2. The number of nitrogens with one attached hydrogen (secondary N) is 1. The Morgan fingerprint density at radius 1 is 0.947 bits per heavy atom. The number of anilines is 2. The molecule has 2 heterocycles. The molecular weight excluding hydrogens is 537 g/mol. The Morgan fingerprint density at radius 3 is 2.45 bits per heavy atom. The number of ether oxygens (including phenoxy) is 1. The lowest BCUT2D eigenvalue weighted by molar-refractivity contribution is 0.0601. The van der Waals surface area contributed by atoms with Crippen LogP contribution in [-0.4, -0.2) is 23.0 Å². The molecule has 5 aromatic rings. The first-order valence-corrected chi connectivity index (χ1v) is 13.7. The summed E-state index contributed by atoms with van der Waals surface area (Å²) in [4.78, 5) is 23.4. The fraction of sp³-hybridized carbons (Fsp3) is 0.167. The molecular formula is C30H25Cl2N3O2S. The third-order valence-corrected chi connectivity index (χ3v) is 7.82. The van der Waals surface area contributed by atoms with Crippen LogP contribution in [0.2, 0.25) is 10.0 Å². The minimum Gasteiger partial charge on any atom is -0.465 e. The van der Waals surface area contributed by atoms with Gasteiger partial charge in [0.1, 0.15) is 11.4 Å². The number of fused-ring (bicyclic) bond motifs is 1. The average molecular weight is 563 g/mol. The fourth-order valence-electron chi connectivity index (χ4n) is 4.24. The molecule has 0 fully saturated rings. The first-order chi connectivity index (χ1) is 18.3. The quantitative estimate of drug-likeness (QED) is 0.201. The van der Waals surface area contributed by atoms with Crippen LogP contribution in [0.3, 0.4) is 0 Å². The SMILES string of the molecule is COC(=O)c1cc(-c2ccc3ccccc3c2)cnc1Nc1nc(-c2ccc(Cl)c(Cl)c2)c(CC(C)C)s1. The largest absolute Gasteiger partial charge is 0.465 e. The Bertz CT molecular complexity index is 1650. The van der Waals surface area contributed by atoms with Crippen LogP contribution in [0.15, 0.2) is 72.9 Å². The maximum atomic E-state index is 12.8. The molecule has 0 unspecified atom stereocenters. The average Bonchev–Trinajstić information content (AvgIpc) is 3.30. The van der Waals surface area contributed by atoms with Crippen LogP contribution >= 0.6 is 34.5 Å². The number of nitrogens with zero attached hydrogens (tertiary/aromatic N) is 2. The summed E-state index contributed by atoms with van der Waals surface area (Å²) in [5.41, 5.74) is 3.82. The lowest BCUT2D eigenvalue weighted by Crippen LogP contribution is -2.07. The Hall–Kier alpha value is -3.45. The van der Waals surface area contributed by atoms with Crippen molar-refractivity contribution in [1.82, 2.24) is 9.97 Å². The summed E-state index contributed by atoms with van der Waals surface area (Å²) in [6.07, 6.45) is 2.59. The van der Waals surface area contributed by atoms with Gasteiger partial charge in [0, 0.05) is 22.2 Å². The predicted octanol–water partition coefficient (Wildman–Crippen LogP) is 9.06. The topological polar surface area (TPSA) is 64.1 Å². The fourth-order valence-corrected chi connectivity index (χ4v) is 5.73. The van der Waals surface area contributed by atoms with Crippen molar-refractivity contribution in [2.75, 3.05) is 12.4 Å². The van der Waals surface area contributed by atoms with Crippen LogP contribution in [0.5, 0.6) is 0 Å². The minimum absolute atomic E-state index is 0.329. The van der Waals surface area contributed by atoms with E-state index in [-0.39, 0.29) is 0 Å². The van der Waals surface area contributed by atoms with Crippen LogP contribution < -0.4 is 5.32 Å². The molecule has 0 radical (unpaired) electrons. The lowest BCUT2D eigenvalue weighted by Gasteiger charge is -2.11. The molecule has 2 aromatic heterocycles. The van der Waals surface area contributed by atoms with Crippen molar-refractivity contribution in [2.45, 2.75) is 20.3 Å². The van der Waals surface area contributed by atoms with Gasteiger partial charge < -0.3 is 10.1 Å². The van der Waals surface area contributed by atoms with Crippen molar-refractivity contribution in [3.63, 3.8) is 0 Å². The van der Waals surface area contributed by atoms with Gasteiger partial charge in [0.25, 0.3) is 0 Å². The second-order valence-electron chi connectivity index (χ2n) is 9.32. The molecule has 0 aliphatic rings. The summed E-state index contributed by atoms with van der Waals surface area (Å²) in [7, 11) is 1.36. The Balaban J connectivity index is 1.53. The number of hydrogen-bond acceptors (Lipinski definition) is 6. The van der Waals surface area contributed by atoms with Gasteiger partial charge in [-0.2, -0.15) is 0 Å². The van der Waals surface area contributed by atoms with Crippen LogP contribution in [0.1, 0.15) is 29.1 Å². The third kappa shape index (κ3) is 5.53. The van der Waals surface area contributed by atoms with Gasteiger partial charge in [0.15, 0.2) is 5.13 Å². The van der Waals surface area contributed by atoms with Crippen LogP contribution in [0.4, 0.5) is 10.9 Å². The molecule has 3 aromatic carbocycles. The first-order valence-electron chi connectivity index (χ1n) is 12.1. The molecule has 192 valence electrons. The number of hydrogen-bond donors (Lipinski definition) is 1. The van der Waals surface area contributed by atoms with E-state index in [4.69, 9.17) is 32.9 Å². The molecule has 0 saturated carbocycles. The van der Waals surface area contributed by atoms with E-state index in [1.807, 2.05) is 30.3 Å². The summed E-state index contributed by atoms with van der Waals surface area (Å²) in [6, 6.07) is 21.6. The zero-order chi connectivity index (χ0) is 26.8. The lowest BCUT2D eigenvalue weighted by atomic mass is 10.0. The van der Waals surface area contributed by atoms with Gasteiger partial charge in [-0.1, -0.05) is 79.5 Å². The number of carbonyl (C=O) groups excluding carboxylic acids is 1. The highest BCUT2D eigenvalue weighted by Gasteiger charge is 2.20. The summed E-state index contributed by atoms with van der Waals surface area (Å²) in [6.45, 7) is 4.32. The zero-order valence-electron chi connectivity index (χ0n) is 21.1. The minimum atomic E-state index is -0.480. The van der Waals surface area contributed by atoms with Crippen LogP contribution in [0, 0.1) is 5.92 Å². The number of thiazole rings is 1. The Labute approximate surface area is 235 Å². The van der Waals surface area contributed by atoms with Crippen molar-refractivity contribution in [1.29, 1.82) is 0 Å². The second kappa shape index (κ2) is 11.1. The number of esters is 1. The molecule has 0 atom stereocenters. The number of rotatable bonds is 7. The molecule has 8 heteroatoms. The smallest absolute Gasteiger partial charge is 0.341 e. The maximum absolute atomic E-state index is 12.8. The van der Waals surface area contributed by atoms with Gasteiger partial charge in [-0.05, 0) is 52.9 Å². The van der Waals surface area contributed by atoms with E-state index in [0.717, 1.165) is 44.5 Å². The number of pyridine rings is 1. The number of benzene rings is 3. The summed E-state index contributed by atoms with van der Waals surface area (Å²) >= 11 is 14.0. The van der Waals surface area contributed by atoms with E-state index in [2.05, 4.69) is 48.4 Å². The molecule has 0 aliphatic heterocycles. The van der Waals surface area contributed by atoms with Crippen molar-refractivity contribution in [2.24, 2.45) is 5.92 Å². The standard InChI is InChI=1S/C30H25Cl2N3O2S/c1-17(2)12-26-27(21-10-11-24(31)25(32)15-21)34-30(38-26)35-28-23(29(36)37-3)14-22(16-33-28)20-9-8-18-6-4-5-7-19(18)13-20/h4-11,13-17H,12H2,1-3H3,(H,33,34,35). The molecule has 0 aliphatic carbocycles. The zero-order valence-corrected chi connectivity index (χ0v) is 23.4. The first kappa shape index (κ1) is 26.2. The van der Waals surface area contributed by atoms with Gasteiger partial charge >= 0.3 is 5.97 Å². The number of carbonyl (C=O) groups is 1. The van der Waals surface area contributed by atoms with Gasteiger partial charge in [-0.15, -0.1) is 11.3 Å². The van der Waals surface area contributed by atoms with Gasteiger partial charge in [-0.3, -0.25) is 0 Å². The molecule has 0 bridgehead atoms. The number of methoxy groups -OCH3 is 1. The molecule has 38 heavy (non-hydrogen) atoms. The van der Waals surface area contributed by atoms with E-state index in [1.54, 1.807) is 18.3 Å². The molecule has 0 spiro atoms. The molecule has 5 rings (SSSR count). The van der Waals surface area contributed by atoms with Crippen LogP contribution in [-0.2, 0) is 11.2 Å². The molecule has 5 nitrogen and oxygen atoms in total. The van der Waals surface area contributed by atoms with E-state index in [9.17, 15) is 4.79 Å². The number of aromatic nitrogens is 2. The number of halogens is 2. The highest BCUT2D eigenvalue weighted by molar-refractivity contribution is 7.16. The third-order valence-electron chi connectivity index (χ3n) is 6.09. The second-order valence-corrected chi connectivity index (χ2v) is 11.2. The van der Waals surface area contributed by atoms with Crippen molar-refractivity contribution in [3.05, 3.63) is 93.4 Å². The summed E-state index contributed by atoms with van der Waals surface area (Å²) in [5.74, 6) is 0.327. The van der Waals surface area contributed by atoms with E-state index >= 15 is 0 Å². The van der Waals surface area contributed by atoms with E-state index < -0.39 is 5.97 Å². The van der Waals surface area contributed by atoms with E-state index in [0.29, 0.717) is 32.5 Å². The Kier molecular flexibility index (Phi) is 7.65. The van der Waals surface area contributed by atoms with Crippen LogP contribution in [0.25, 0.3) is 33.2 Å². The van der Waals surface area contributed by atoms with Gasteiger partial charge in [0.2, 0.25) is 0 Å². The van der Waals surface area contributed by atoms with Crippen molar-refractivity contribution >= 4 is 62.2 Å². The predicted molar refractivity (Wildman–Crippen MR) is 158 cm³/mol. The molecule has 0 amide bonds. The highest BCUT2D eigenvalue weighted by atomic mass is 35.5. The van der Waals surface area contributed by atoms with E-state index in [1.165, 1.54) is 18.4 Å². The maximum Gasteiger partial charge on any atom is 0.341 e. The monoisotopic (exact) mass is 561 g/mol. The Morgan fingerprint density at radius 2 is 1.71 bits per heavy atom. The summed E-state index contributed by atoms with van der Waals surface area (Å²) in [5, 5.41) is 7.11. The molecule has 1 N–H and O–H groups in total. The van der Waals surface area contributed by atoms with Gasteiger partial charge in [-0.25, -0.2) is 14.8 Å².